The van der Waals surface area contributed by atoms with Crippen LogP contribution in [0.1, 0.15) is 54.6 Å². The topological polar surface area (TPSA) is 67.8 Å². The standard InChI is InChI=1S/C22H21FN4O/c23-18-6-17(11-25-12-18)20(28)27-22-9-15-5-16(10-22)8-21(7-15,14-22)2-1-19-13-24-3-4-26-19/h3-4,6,11-13,15-16H,5,7-10,14H2,(H,27,28). The van der Waals surface area contributed by atoms with Crippen LogP contribution in [0.5, 0.6) is 0 Å². The number of aromatic nitrogens is 3. The Labute approximate surface area is 163 Å². The SMILES string of the molecule is O=C(NC12CC3CC(CC(C#Cc4cnccn4)(C3)C1)C2)c1cncc(F)c1. The highest BCUT2D eigenvalue weighted by molar-refractivity contribution is 5.94. The maximum atomic E-state index is 13.5. The van der Waals surface area contributed by atoms with E-state index in [9.17, 15) is 9.18 Å². The molecule has 4 saturated carbocycles. The Morgan fingerprint density at radius 1 is 1.11 bits per heavy atom. The molecule has 0 saturated heterocycles. The molecule has 2 unspecified atom stereocenters. The number of rotatable bonds is 2. The second-order valence-corrected chi connectivity index (χ2v) is 8.71. The summed E-state index contributed by atoms with van der Waals surface area (Å²) in [5, 5.41) is 3.25. The van der Waals surface area contributed by atoms with Gasteiger partial charge in [0, 0.05) is 29.5 Å². The van der Waals surface area contributed by atoms with Crippen molar-refractivity contribution in [1.82, 2.24) is 20.3 Å². The van der Waals surface area contributed by atoms with E-state index in [4.69, 9.17) is 0 Å². The molecule has 4 aliphatic rings. The van der Waals surface area contributed by atoms with Crippen molar-refractivity contribution < 1.29 is 9.18 Å². The molecule has 142 valence electrons. The third-order valence-corrected chi connectivity index (χ3v) is 6.43. The Morgan fingerprint density at radius 3 is 2.64 bits per heavy atom. The van der Waals surface area contributed by atoms with Gasteiger partial charge in [-0.25, -0.2) is 9.37 Å². The average Bonchev–Trinajstić information content (AvgIpc) is 2.66. The van der Waals surface area contributed by atoms with Crippen molar-refractivity contribution >= 4 is 5.91 Å². The number of nitrogens with one attached hydrogen (secondary N) is 1. The van der Waals surface area contributed by atoms with E-state index in [0.29, 0.717) is 17.5 Å². The van der Waals surface area contributed by atoms with E-state index in [-0.39, 0.29) is 22.4 Å². The fourth-order valence-electron chi connectivity index (χ4n) is 5.96. The quantitative estimate of drug-likeness (QED) is 0.818. The normalized spacial score (nSPS) is 32.5. The molecule has 2 heterocycles. The van der Waals surface area contributed by atoms with Gasteiger partial charge < -0.3 is 5.32 Å². The van der Waals surface area contributed by atoms with E-state index in [1.165, 1.54) is 18.7 Å². The zero-order valence-corrected chi connectivity index (χ0v) is 15.5. The lowest BCUT2D eigenvalue weighted by molar-refractivity contribution is -0.0484. The molecule has 28 heavy (non-hydrogen) atoms. The molecule has 0 radical (unpaired) electrons. The summed E-state index contributed by atoms with van der Waals surface area (Å²) < 4.78 is 13.5. The third kappa shape index (κ3) is 3.15. The number of amides is 1. The summed E-state index contributed by atoms with van der Waals surface area (Å²) >= 11 is 0. The second-order valence-electron chi connectivity index (χ2n) is 8.71. The van der Waals surface area contributed by atoms with E-state index in [1.807, 2.05) is 0 Å². The van der Waals surface area contributed by atoms with E-state index in [2.05, 4.69) is 32.1 Å². The molecule has 2 aromatic heterocycles. The van der Waals surface area contributed by atoms with Gasteiger partial charge in [0.2, 0.25) is 0 Å². The van der Waals surface area contributed by atoms with Gasteiger partial charge in [0.15, 0.2) is 0 Å². The van der Waals surface area contributed by atoms with Gasteiger partial charge in [-0.2, -0.15) is 0 Å². The lowest BCUT2D eigenvalue weighted by Crippen LogP contribution is -2.62. The molecule has 2 atom stereocenters. The second kappa shape index (κ2) is 6.37. The number of pyridine rings is 1. The molecule has 6 rings (SSSR count). The molecule has 5 nitrogen and oxygen atoms in total. The monoisotopic (exact) mass is 376 g/mol. The average molecular weight is 376 g/mol. The van der Waals surface area contributed by atoms with Gasteiger partial charge in [0.25, 0.3) is 5.91 Å². The van der Waals surface area contributed by atoms with Crippen LogP contribution in [0.2, 0.25) is 0 Å². The minimum Gasteiger partial charge on any atom is -0.346 e. The van der Waals surface area contributed by atoms with Crippen molar-refractivity contribution in [3.63, 3.8) is 0 Å². The summed E-state index contributed by atoms with van der Waals surface area (Å²) in [4.78, 5) is 24.9. The van der Waals surface area contributed by atoms with E-state index < -0.39 is 5.82 Å². The van der Waals surface area contributed by atoms with Crippen LogP contribution >= 0.6 is 0 Å². The van der Waals surface area contributed by atoms with Gasteiger partial charge in [-0.3, -0.25) is 14.8 Å². The van der Waals surface area contributed by atoms with E-state index in [0.717, 1.165) is 38.3 Å². The molecule has 0 spiro atoms. The summed E-state index contributed by atoms with van der Waals surface area (Å²) in [6, 6.07) is 1.24. The lowest BCUT2D eigenvalue weighted by Gasteiger charge is -2.60. The van der Waals surface area contributed by atoms with Crippen LogP contribution < -0.4 is 5.32 Å². The van der Waals surface area contributed by atoms with Crippen molar-refractivity contribution in [3.05, 3.63) is 54.1 Å². The first kappa shape index (κ1) is 17.3. The Morgan fingerprint density at radius 2 is 1.93 bits per heavy atom. The summed E-state index contributed by atoms with van der Waals surface area (Å²) in [5.74, 6) is 7.13. The van der Waals surface area contributed by atoms with E-state index in [1.54, 1.807) is 18.6 Å². The molecular weight excluding hydrogens is 355 g/mol. The maximum absolute atomic E-state index is 13.5. The lowest BCUT2D eigenvalue weighted by atomic mass is 9.47. The Bertz CT molecular complexity index is 967. The predicted octanol–water partition coefficient (Wildman–Crippen LogP) is 3.13. The molecule has 4 aliphatic carbocycles. The minimum absolute atomic E-state index is 0.0882. The fraction of sp³-hybridized carbons (Fsp3) is 0.455. The smallest absolute Gasteiger partial charge is 0.253 e. The summed E-state index contributed by atoms with van der Waals surface area (Å²) in [6.45, 7) is 0. The van der Waals surface area contributed by atoms with Crippen molar-refractivity contribution in [1.29, 1.82) is 0 Å². The van der Waals surface area contributed by atoms with Crippen molar-refractivity contribution in [3.8, 4) is 11.8 Å². The van der Waals surface area contributed by atoms with Crippen LogP contribution in [0.4, 0.5) is 4.39 Å². The van der Waals surface area contributed by atoms with Gasteiger partial charge in [0.05, 0.1) is 18.0 Å². The Hall–Kier alpha value is -2.81. The third-order valence-electron chi connectivity index (χ3n) is 6.43. The largest absolute Gasteiger partial charge is 0.346 e. The van der Waals surface area contributed by atoms with Crippen LogP contribution in [-0.2, 0) is 0 Å². The molecule has 1 amide bonds. The van der Waals surface area contributed by atoms with Crippen molar-refractivity contribution in [2.24, 2.45) is 17.3 Å². The van der Waals surface area contributed by atoms with Crippen LogP contribution in [0.3, 0.4) is 0 Å². The van der Waals surface area contributed by atoms with Gasteiger partial charge in [-0.1, -0.05) is 5.92 Å². The van der Waals surface area contributed by atoms with Crippen molar-refractivity contribution in [2.45, 2.75) is 44.1 Å². The molecule has 0 aliphatic heterocycles. The predicted molar refractivity (Wildman–Crippen MR) is 100 cm³/mol. The highest BCUT2D eigenvalue weighted by atomic mass is 19.1. The zero-order chi connectivity index (χ0) is 19.2. The molecule has 6 heteroatoms. The maximum Gasteiger partial charge on any atom is 0.253 e. The number of hydrogen-bond donors (Lipinski definition) is 1. The molecular formula is C22H21FN4O. The van der Waals surface area contributed by atoms with Crippen LogP contribution in [0.25, 0.3) is 0 Å². The zero-order valence-electron chi connectivity index (χ0n) is 15.5. The first-order chi connectivity index (χ1) is 13.5. The molecule has 4 bridgehead atoms. The fourth-order valence-corrected chi connectivity index (χ4v) is 5.96. The number of carbonyl (C=O) groups excluding carboxylic acids is 1. The van der Waals surface area contributed by atoms with Crippen LogP contribution in [-0.4, -0.2) is 26.4 Å². The summed E-state index contributed by atoms with van der Waals surface area (Å²) in [6.07, 6.45) is 13.7. The van der Waals surface area contributed by atoms with Gasteiger partial charge in [0.1, 0.15) is 11.5 Å². The van der Waals surface area contributed by atoms with E-state index >= 15 is 0 Å². The number of hydrogen-bond acceptors (Lipinski definition) is 4. The summed E-state index contributed by atoms with van der Waals surface area (Å²) in [5.41, 5.74) is 0.609. The number of halogens is 1. The molecule has 4 fully saturated rings. The number of nitrogens with zero attached hydrogens (tertiary/aromatic N) is 3. The minimum atomic E-state index is -0.496. The van der Waals surface area contributed by atoms with Gasteiger partial charge >= 0.3 is 0 Å². The Kier molecular flexibility index (Phi) is 3.94. The van der Waals surface area contributed by atoms with Crippen molar-refractivity contribution in [2.75, 3.05) is 0 Å². The Balaban J connectivity index is 1.42. The van der Waals surface area contributed by atoms with Gasteiger partial charge in [-0.15, -0.1) is 0 Å². The highest BCUT2D eigenvalue weighted by Gasteiger charge is 2.57. The first-order valence-electron chi connectivity index (χ1n) is 9.76. The van der Waals surface area contributed by atoms with Gasteiger partial charge in [-0.05, 0) is 62.3 Å². The molecule has 2 aromatic rings. The highest BCUT2D eigenvalue weighted by Crippen LogP contribution is 2.61. The molecule has 1 N–H and O–H groups in total. The van der Waals surface area contributed by atoms with Crippen LogP contribution in [0.15, 0.2) is 37.1 Å². The first-order valence-corrected chi connectivity index (χ1v) is 9.76. The summed E-state index contributed by atoms with van der Waals surface area (Å²) in [7, 11) is 0. The number of carbonyl (C=O) groups is 1. The van der Waals surface area contributed by atoms with Crippen LogP contribution in [0, 0.1) is 34.9 Å². The molecule has 0 aromatic carbocycles.